The minimum Gasteiger partial charge on any atom is -0.398 e. The first-order chi connectivity index (χ1) is 9.65. The second-order valence-electron chi connectivity index (χ2n) is 6.20. The lowest BCUT2D eigenvalue weighted by Gasteiger charge is -2.39. The van der Waals surface area contributed by atoms with Crippen LogP contribution in [0.2, 0.25) is 0 Å². The zero-order valence-electron chi connectivity index (χ0n) is 12.5. The lowest BCUT2D eigenvalue weighted by molar-refractivity contribution is 0.0955. The van der Waals surface area contributed by atoms with Crippen LogP contribution in [0.4, 0.5) is 5.69 Å². The van der Waals surface area contributed by atoms with E-state index < -0.39 is 0 Å². The molecule has 1 heterocycles. The maximum Gasteiger partial charge on any atom is 0.0366 e. The van der Waals surface area contributed by atoms with Crippen LogP contribution in [0.5, 0.6) is 0 Å². The van der Waals surface area contributed by atoms with Crippen LogP contribution in [0.1, 0.15) is 38.7 Å². The Labute approximate surface area is 121 Å². The number of rotatable bonds is 2. The molecule has 0 amide bonds. The fraction of sp³-hybridized carbons (Fsp3) is 0.444. The summed E-state index contributed by atoms with van der Waals surface area (Å²) in [7, 11) is 0. The minimum absolute atomic E-state index is 0.657. The van der Waals surface area contributed by atoms with Gasteiger partial charge in [-0.15, -0.1) is 0 Å². The van der Waals surface area contributed by atoms with Gasteiger partial charge in [-0.05, 0) is 55.2 Å². The molecule has 2 heteroatoms. The normalized spacial score (nSPS) is 24.1. The van der Waals surface area contributed by atoms with E-state index in [4.69, 9.17) is 5.73 Å². The molecule has 2 atom stereocenters. The van der Waals surface area contributed by atoms with Crippen LogP contribution in [0, 0.1) is 0 Å². The third kappa shape index (κ3) is 2.53. The number of nitrogens with zero attached hydrogens (tertiary/aromatic N) is 1. The molecule has 20 heavy (non-hydrogen) atoms. The highest BCUT2D eigenvalue weighted by atomic mass is 15.2. The summed E-state index contributed by atoms with van der Waals surface area (Å²) in [6.07, 6.45) is 3.96. The van der Waals surface area contributed by atoms with Gasteiger partial charge in [-0.2, -0.15) is 0 Å². The van der Waals surface area contributed by atoms with Crippen molar-refractivity contribution in [2.75, 3.05) is 5.73 Å². The molecule has 0 spiro atoms. The molecule has 1 aliphatic rings. The number of benzene rings is 2. The van der Waals surface area contributed by atoms with Crippen LogP contribution in [0.3, 0.4) is 0 Å². The van der Waals surface area contributed by atoms with Crippen LogP contribution >= 0.6 is 0 Å². The summed E-state index contributed by atoms with van der Waals surface area (Å²) >= 11 is 0. The van der Waals surface area contributed by atoms with E-state index in [-0.39, 0.29) is 0 Å². The number of nitrogen functional groups attached to an aromatic ring is 1. The predicted molar refractivity (Wildman–Crippen MR) is 86.7 cm³/mol. The van der Waals surface area contributed by atoms with Crippen molar-refractivity contribution < 1.29 is 0 Å². The van der Waals surface area contributed by atoms with Crippen molar-refractivity contribution in [3.8, 4) is 0 Å². The number of hydrogen-bond donors (Lipinski definition) is 1. The molecular formula is C18H24N2. The van der Waals surface area contributed by atoms with E-state index >= 15 is 0 Å². The predicted octanol–water partition coefficient (Wildman–Crippen LogP) is 4.18. The fourth-order valence-corrected chi connectivity index (χ4v) is 3.43. The maximum absolute atomic E-state index is 6.27. The van der Waals surface area contributed by atoms with Gasteiger partial charge in [-0.3, -0.25) is 4.90 Å². The van der Waals surface area contributed by atoms with Crippen LogP contribution in [0.25, 0.3) is 10.8 Å². The summed E-state index contributed by atoms with van der Waals surface area (Å²) < 4.78 is 0. The summed E-state index contributed by atoms with van der Waals surface area (Å²) in [5.74, 6) is 0. The molecule has 1 aliphatic heterocycles. The SMILES string of the molecule is C[C@@H]1CCC[C@H](C)N1Cc1cc2ccccc2cc1N. The molecule has 0 saturated carbocycles. The van der Waals surface area contributed by atoms with Crippen LogP contribution in [0.15, 0.2) is 36.4 Å². The summed E-state index contributed by atoms with van der Waals surface area (Å²) in [6.45, 7) is 5.65. The quantitative estimate of drug-likeness (QED) is 0.828. The number of likely N-dealkylation sites (tertiary alicyclic amines) is 1. The van der Waals surface area contributed by atoms with Crippen LogP contribution in [-0.4, -0.2) is 17.0 Å². The van der Waals surface area contributed by atoms with Crippen molar-refractivity contribution in [3.63, 3.8) is 0 Å². The highest BCUT2D eigenvalue weighted by Gasteiger charge is 2.25. The first-order valence-electron chi connectivity index (χ1n) is 7.68. The number of hydrogen-bond acceptors (Lipinski definition) is 2. The van der Waals surface area contributed by atoms with Gasteiger partial charge in [0.05, 0.1) is 0 Å². The fourth-order valence-electron chi connectivity index (χ4n) is 3.43. The molecule has 106 valence electrons. The first-order valence-corrected chi connectivity index (χ1v) is 7.68. The van der Waals surface area contributed by atoms with Gasteiger partial charge in [-0.1, -0.05) is 30.7 Å². The van der Waals surface area contributed by atoms with Gasteiger partial charge >= 0.3 is 0 Å². The van der Waals surface area contributed by atoms with Crippen molar-refractivity contribution in [3.05, 3.63) is 42.0 Å². The smallest absolute Gasteiger partial charge is 0.0366 e. The Kier molecular flexibility index (Phi) is 3.66. The van der Waals surface area contributed by atoms with Crippen molar-refractivity contribution in [2.45, 2.75) is 51.7 Å². The molecule has 2 nitrogen and oxygen atoms in total. The Morgan fingerprint density at radius 1 is 1.05 bits per heavy atom. The monoisotopic (exact) mass is 268 g/mol. The van der Waals surface area contributed by atoms with Gasteiger partial charge in [0.15, 0.2) is 0 Å². The zero-order valence-corrected chi connectivity index (χ0v) is 12.5. The second-order valence-corrected chi connectivity index (χ2v) is 6.20. The molecule has 0 bridgehead atoms. The van der Waals surface area contributed by atoms with Gasteiger partial charge < -0.3 is 5.73 Å². The minimum atomic E-state index is 0.657. The third-order valence-corrected chi connectivity index (χ3v) is 4.74. The van der Waals surface area contributed by atoms with E-state index in [2.05, 4.69) is 55.1 Å². The Bertz CT molecular complexity index is 595. The summed E-state index contributed by atoms with van der Waals surface area (Å²) in [6, 6.07) is 14.1. The molecule has 0 aliphatic carbocycles. The van der Waals surface area contributed by atoms with E-state index in [1.807, 2.05) is 0 Å². The van der Waals surface area contributed by atoms with E-state index in [1.54, 1.807) is 0 Å². The van der Waals surface area contributed by atoms with Gasteiger partial charge in [0, 0.05) is 24.3 Å². The number of anilines is 1. The maximum atomic E-state index is 6.27. The molecule has 0 aromatic heterocycles. The summed E-state index contributed by atoms with van der Waals surface area (Å²) in [5, 5.41) is 2.52. The van der Waals surface area contributed by atoms with E-state index in [1.165, 1.54) is 35.6 Å². The molecule has 0 radical (unpaired) electrons. The molecule has 3 rings (SSSR count). The van der Waals surface area contributed by atoms with Gasteiger partial charge in [0.1, 0.15) is 0 Å². The van der Waals surface area contributed by atoms with Gasteiger partial charge in [0.2, 0.25) is 0 Å². The number of fused-ring (bicyclic) bond motifs is 1. The molecule has 0 unspecified atom stereocenters. The zero-order chi connectivity index (χ0) is 14.1. The second kappa shape index (κ2) is 5.45. The topological polar surface area (TPSA) is 29.3 Å². The average Bonchev–Trinajstić information content (AvgIpc) is 2.43. The first kappa shape index (κ1) is 13.4. The summed E-state index contributed by atoms with van der Waals surface area (Å²) in [4.78, 5) is 2.60. The molecule has 1 fully saturated rings. The molecule has 2 aromatic carbocycles. The largest absolute Gasteiger partial charge is 0.398 e. The Hall–Kier alpha value is -1.54. The number of piperidine rings is 1. The standard InChI is InChI=1S/C18H24N2/c1-13-6-5-7-14(2)20(13)12-17-10-15-8-3-4-9-16(15)11-18(17)19/h3-4,8-11,13-14H,5-7,12,19H2,1-2H3/t13-,14+. The molecular weight excluding hydrogens is 244 g/mol. The van der Waals surface area contributed by atoms with Crippen LogP contribution in [-0.2, 0) is 6.54 Å². The van der Waals surface area contributed by atoms with Crippen molar-refractivity contribution in [1.29, 1.82) is 0 Å². The van der Waals surface area contributed by atoms with Gasteiger partial charge in [0.25, 0.3) is 0 Å². The van der Waals surface area contributed by atoms with E-state index in [9.17, 15) is 0 Å². The van der Waals surface area contributed by atoms with Crippen molar-refractivity contribution in [2.24, 2.45) is 0 Å². The Morgan fingerprint density at radius 3 is 2.30 bits per heavy atom. The summed E-state index contributed by atoms with van der Waals surface area (Å²) in [5.41, 5.74) is 8.46. The van der Waals surface area contributed by atoms with E-state index in [0.717, 1.165) is 12.2 Å². The highest BCUT2D eigenvalue weighted by molar-refractivity contribution is 5.86. The molecule has 1 saturated heterocycles. The van der Waals surface area contributed by atoms with E-state index in [0.29, 0.717) is 12.1 Å². The molecule has 2 aromatic rings. The highest BCUT2D eigenvalue weighted by Crippen LogP contribution is 2.28. The van der Waals surface area contributed by atoms with Crippen LogP contribution < -0.4 is 5.73 Å². The molecule has 2 N–H and O–H groups in total. The lowest BCUT2D eigenvalue weighted by Crippen LogP contribution is -2.43. The Morgan fingerprint density at radius 2 is 1.65 bits per heavy atom. The lowest BCUT2D eigenvalue weighted by atomic mass is 9.96. The average molecular weight is 268 g/mol. The Balaban J connectivity index is 1.91. The van der Waals surface area contributed by atoms with Crippen molar-refractivity contribution in [1.82, 2.24) is 4.90 Å². The number of nitrogens with two attached hydrogens (primary N) is 1. The third-order valence-electron chi connectivity index (χ3n) is 4.74. The van der Waals surface area contributed by atoms with Crippen molar-refractivity contribution >= 4 is 16.5 Å². The van der Waals surface area contributed by atoms with Gasteiger partial charge in [-0.25, -0.2) is 0 Å².